The molecule has 1 aliphatic rings. The minimum atomic E-state index is 0.215. The second-order valence-electron chi connectivity index (χ2n) is 3.59. The van der Waals surface area contributed by atoms with Gasteiger partial charge in [-0.05, 0) is 30.7 Å². The van der Waals surface area contributed by atoms with Crippen LogP contribution in [0.4, 0.5) is 0 Å². The van der Waals surface area contributed by atoms with Gasteiger partial charge in [-0.1, -0.05) is 12.1 Å². The molecular formula is C11H15NO2. The molecule has 2 rings (SSSR count). The highest BCUT2D eigenvalue weighted by molar-refractivity contribution is 5.30. The molecule has 0 saturated carbocycles. The number of rotatable bonds is 2. The summed E-state index contributed by atoms with van der Waals surface area (Å²) in [6.07, 6.45) is 1.24. The molecule has 0 radical (unpaired) electrons. The molecule has 76 valence electrons. The van der Waals surface area contributed by atoms with Crippen molar-refractivity contribution in [3.05, 3.63) is 29.8 Å². The van der Waals surface area contributed by atoms with E-state index in [4.69, 9.17) is 4.74 Å². The number of hydrogen-bond acceptors (Lipinski definition) is 3. The average molecular weight is 193 g/mol. The van der Waals surface area contributed by atoms with Crippen molar-refractivity contribution in [1.29, 1.82) is 0 Å². The third-order valence-corrected chi connectivity index (χ3v) is 2.70. The maximum Gasteiger partial charge on any atom is 0.115 e. The number of ether oxygens (including phenoxy) is 1. The van der Waals surface area contributed by atoms with Crippen molar-refractivity contribution in [2.45, 2.75) is 18.6 Å². The predicted octanol–water partition coefficient (Wildman–Crippen LogP) is 1.44. The van der Waals surface area contributed by atoms with Crippen LogP contribution in [0.15, 0.2) is 24.3 Å². The van der Waals surface area contributed by atoms with Crippen LogP contribution in [0, 0.1) is 0 Å². The molecule has 1 aliphatic heterocycles. The van der Waals surface area contributed by atoms with Gasteiger partial charge in [0.2, 0.25) is 0 Å². The van der Waals surface area contributed by atoms with Crippen molar-refractivity contribution in [3.8, 4) is 5.75 Å². The molecular weight excluding hydrogens is 178 g/mol. The fourth-order valence-electron chi connectivity index (χ4n) is 1.98. The SMILES string of the molecule is COC1CCNC1c1cccc(O)c1. The quantitative estimate of drug-likeness (QED) is 0.746. The van der Waals surface area contributed by atoms with Crippen LogP contribution < -0.4 is 5.32 Å². The summed E-state index contributed by atoms with van der Waals surface area (Å²) in [6, 6.07) is 7.55. The highest BCUT2D eigenvalue weighted by atomic mass is 16.5. The van der Waals surface area contributed by atoms with Gasteiger partial charge in [0.05, 0.1) is 12.1 Å². The van der Waals surface area contributed by atoms with Gasteiger partial charge >= 0.3 is 0 Å². The van der Waals surface area contributed by atoms with Crippen LogP contribution in [0.5, 0.6) is 5.75 Å². The van der Waals surface area contributed by atoms with E-state index < -0.39 is 0 Å². The zero-order chi connectivity index (χ0) is 9.97. The molecule has 2 unspecified atom stereocenters. The first kappa shape index (κ1) is 9.49. The van der Waals surface area contributed by atoms with Gasteiger partial charge in [-0.3, -0.25) is 0 Å². The van der Waals surface area contributed by atoms with E-state index in [0.717, 1.165) is 18.5 Å². The Balaban J connectivity index is 2.21. The summed E-state index contributed by atoms with van der Waals surface area (Å²) in [5.74, 6) is 0.311. The molecule has 0 spiro atoms. The number of aromatic hydroxyl groups is 1. The van der Waals surface area contributed by atoms with E-state index in [2.05, 4.69) is 5.32 Å². The number of nitrogens with one attached hydrogen (secondary N) is 1. The first-order valence-electron chi connectivity index (χ1n) is 4.86. The van der Waals surface area contributed by atoms with Crippen molar-refractivity contribution in [2.75, 3.05) is 13.7 Å². The molecule has 2 atom stereocenters. The smallest absolute Gasteiger partial charge is 0.115 e. The molecule has 0 bridgehead atoms. The molecule has 3 heteroatoms. The molecule has 0 aliphatic carbocycles. The first-order chi connectivity index (χ1) is 6.81. The predicted molar refractivity (Wildman–Crippen MR) is 54.3 cm³/mol. The van der Waals surface area contributed by atoms with E-state index >= 15 is 0 Å². The van der Waals surface area contributed by atoms with Crippen LogP contribution in [-0.4, -0.2) is 24.9 Å². The summed E-state index contributed by atoms with van der Waals surface area (Å²) in [4.78, 5) is 0. The van der Waals surface area contributed by atoms with E-state index in [9.17, 15) is 5.11 Å². The van der Waals surface area contributed by atoms with Gasteiger partial charge in [-0.2, -0.15) is 0 Å². The van der Waals surface area contributed by atoms with Crippen LogP contribution in [0.1, 0.15) is 18.0 Å². The monoisotopic (exact) mass is 193 g/mol. The lowest BCUT2D eigenvalue weighted by molar-refractivity contribution is 0.0919. The summed E-state index contributed by atoms with van der Waals surface area (Å²) in [5.41, 5.74) is 1.09. The highest BCUT2D eigenvalue weighted by Gasteiger charge is 2.27. The Morgan fingerprint density at radius 1 is 1.50 bits per heavy atom. The van der Waals surface area contributed by atoms with Gasteiger partial charge in [-0.25, -0.2) is 0 Å². The number of benzene rings is 1. The molecule has 1 saturated heterocycles. The molecule has 3 nitrogen and oxygen atoms in total. The molecule has 0 amide bonds. The van der Waals surface area contributed by atoms with Gasteiger partial charge < -0.3 is 15.2 Å². The number of phenols is 1. The maximum absolute atomic E-state index is 9.36. The third-order valence-electron chi connectivity index (χ3n) is 2.70. The normalized spacial score (nSPS) is 26.6. The Bertz CT molecular complexity index is 314. The van der Waals surface area contributed by atoms with Gasteiger partial charge in [-0.15, -0.1) is 0 Å². The maximum atomic E-state index is 9.36. The fraction of sp³-hybridized carbons (Fsp3) is 0.455. The van der Waals surface area contributed by atoms with Gasteiger partial charge in [0, 0.05) is 7.11 Å². The summed E-state index contributed by atoms with van der Waals surface area (Å²) in [7, 11) is 1.73. The average Bonchev–Trinajstić information content (AvgIpc) is 2.65. The first-order valence-corrected chi connectivity index (χ1v) is 4.86. The summed E-state index contributed by atoms with van der Waals surface area (Å²) >= 11 is 0. The van der Waals surface area contributed by atoms with Crippen LogP contribution in [-0.2, 0) is 4.74 Å². The lowest BCUT2D eigenvalue weighted by Crippen LogP contribution is -2.22. The summed E-state index contributed by atoms with van der Waals surface area (Å²) in [5, 5.41) is 12.7. The van der Waals surface area contributed by atoms with Crippen molar-refractivity contribution in [3.63, 3.8) is 0 Å². The van der Waals surface area contributed by atoms with Crippen LogP contribution in [0.3, 0.4) is 0 Å². The number of hydrogen-bond donors (Lipinski definition) is 2. The van der Waals surface area contributed by atoms with Crippen molar-refractivity contribution in [1.82, 2.24) is 5.32 Å². The van der Waals surface area contributed by atoms with E-state index in [1.54, 1.807) is 19.2 Å². The molecule has 1 heterocycles. The zero-order valence-corrected chi connectivity index (χ0v) is 8.23. The van der Waals surface area contributed by atoms with E-state index in [1.807, 2.05) is 12.1 Å². The van der Waals surface area contributed by atoms with Gasteiger partial charge in [0.15, 0.2) is 0 Å². The van der Waals surface area contributed by atoms with Crippen LogP contribution in [0.25, 0.3) is 0 Å². The van der Waals surface area contributed by atoms with Gasteiger partial charge in [0.1, 0.15) is 5.75 Å². The Labute approximate surface area is 83.7 Å². The van der Waals surface area contributed by atoms with Gasteiger partial charge in [0.25, 0.3) is 0 Å². The topological polar surface area (TPSA) is 41.5 Å². The molecule has 14 heavy (non-hydrogen) atoms. The zero-order valence-electron chi connectivity index (χ0n) is 8.23. The minimum Gasteiger partial charge on any atom is -0.508 e. The third kappa shape index (κ3) is 1.74. The minimum absolute atomic E-state index is 0.215. The molecule has 2 N–H and O–H groups in total. The van der Waals surface area contributed by atoms with Crippen LogP contribution >= 0.6 is 0 Å². The molecule has 1 aromatic carbocycles. The molecule has 1 fully saturated rings. The largest absolute Gasteiger partial charge is 0.508 e. The summed E-state index contributed by atoms with van der Waals surface area (Å²) < 4.78 is 5.37. The molecule has 0 aromatic heterocycles. The lowest BCUT2D eigenvalue weighted by Gasteiger charge is -2.18. The lowest BCUT2D eigenvalue weighted by atomic mass is 10.0. The second kappa shape index (κ2) is 3.98. The second-order valence-corrected chi connectivity index (χ2v) is 3.59. The number of methoxy groups -OCH3 is 1. The summed E-state index contributed by atoms with van der Waals surface area (Å²) in [6.45, 7) is 0.971. The van der Waals surface area contributed by atoms with E-state index in [0.29, 0.717) is 5.75 Å². The van der Waals surface area contributed by atoms with E-state index in [1.165, 1.54) is 0 Å². The molecule has 1 aromatic rings. The van der Waals surface area contributed by atoms with Crippen molar-refractivity contribution >= 4 is 0 Å². The highest BCUT2D eigenvalue weighted by Crippen LogP contribution is 2.27. The Morgan fingerprint density at radius 2 is 2.36 bits per heavy atom. The van der Waals surface area contributed by atoms with Crippen LogP contribution in [0.2, 0.25) is 0 Å². The van der Waals surface area contributed by atoms with Crippen molar-refractivity contribution < 1.29 is 9.84 Å². The van der Waals surface area contributed by atoms with Crippen molar-refractivity contribution in [2.24, 2.45) is 0 Å². The Morgan fingerprint density at radius 3 is 3.07 bits per heavy atom. The number of phenolic OH excluding ortho intramolecular Hbond substituents is 1. The van der Waals surface area contributed by atoms with E-state index in [-0.39, 0.29) is 12.1 Å². The fourth-order valence-corrected chi connectivity index (χ4v) is 1.98. The Kier molecular flexibility index (Phi) is 2.70. The Hall–Kier alpha value is -1.06. The standard InChI is InChI=1S/C11H15NO2/c1-14-10-5-6-12-11(10)8-3-2-4-9(13)7-8/h2-4,7,10-13H,5-6H2,1H3.